The van der Waals surface area contributed by atoms with Gasteiger partial charge in [0.2, 0.25) is 0 Å². The van der Waals surface area contributed by atoms with Crippen LogP contribution in [0.1, 0.15) is 370 Å². The van der Waals surface area contributed by atoms with E-state index in [1.54, 1.807) is 0 Å². The highest BCUT2D eigenvalue weighted by Crippen LogP contribution is 2.51. The van der Waals surface area contributed by atoms with Gasteiger partial charge in [0.15, 0.2) is 24.7 Å². The highest BCUT2D eigenvalue weighted by molar-refractivity contribution is 5.22. The quantitative estimate of drug-likeness (QED) is 0.0204. The Kier molecular flexibility index (Phi) is 49.4. The molecule has 5 aliphatic heterocycles. The van der Waals surface area contributed by atoms with E-state index in [4.69, 9.17) is 0 Å². The van der Waals surface area contributed by atoms with Crippen LogP contribution < -0.4 is 79.9 Å². The minimum Gasteiger partial charge on any atom is -0.312 e. The summed E-state index contributed by atoms with van der Waals surface area (Å²) in [6, 6.07) is -0.842. The maximum atomic E-state index is 18.1. The Balaban J connectivity index is 1.28. The van der Waals surface area contributed by atoms with Crippen molar-refractivity contribution >= 4 is 0 Å². The van der Waals surface area contributed by atoms with E-state index in [-0.39, 0.29) is 66.0 Å². The zero-order chi connectivity index (χ0) is 85.4. The molecule has 8 bridgehead atoms. The van der Waals surface area contributed by atoms with Gasteiger partial charge >= 0.3 is 0 Å². The van der Waals surface area contributed by atoms with Crippen molar-refractivity contribution in [1.82, 2.24) is 84.9 Å². The molecule has 9 aliphatic rings. The molecule has 0 aromatic rings. The summed E-state index contributed by atoms with van der Waals surface area (Å²) in [4.78, 5) is 0. The van der Waals surface area contributed by atoms with Crippen molar-refractivity contribution in [2.75, 3.05) is 52.4 Å². The molecule has 9 fully saturated rings. The maximum absolute atomic E-state index is 18.1. The molecule has 5 heterocycles. The Hall–Kier alpha value is -1.20. The fraction of sp³-hybridized carbons (Fsp3) is 1.00. The zero-order valence-corrected chi connectivity index (χ0v) is 77.2. The number of unbranched alkanes of at least 4 members (excludes halogenated alkanes) is 40. The van der Waals surface area contributed by atoms with Gasteiger partial charge in [0.05, 0.1) is 49.3 Å². The Bertz CT molecular complexity index is 2590. The first-order valence-corrected chi connectivity index (χ1v) is 51.8. The number of fused-ring (bicyclic) bond motifs is 20. The second-order valence-corrected chi connectivity index (χ2v) is 39.3. The Morgan fingerprint density at radius 3 is 0.717 bits per heavy atom. The molecule has 120 heavy (non-hydrogen) atoms. The van der Waals surface area contributed by atoms with Gasteiger partial charge in [-0.15, -0.1) is 0 Å². The summed E-state index contributed by atoms with van der Waals surface area (Å²) < 4.78 is 138. The number of hydrazine groups is 1. The molecular weight excluding hydrogens is 1530 g/mol. The first kappa shape index (κ1) is 103. The smallest absolute Gasteiger partial charge is 0.165 e. The van der Waals surface area contributed by atoms with Crippen molar-refractivity contribution < 1.29 is 35.1 Å². The Morgan fingerprint density at radius 2 is 0.425 bits per heavy atom. The third-order valence-electron chi connectivity index (χ3n) is 30.3. The van der Waals surface area contributed by atoms with Crippen LogP contribution in [-0.2, 0) is 0 Å². The van der Waals surface area contributed by atoms with Crippen molar-refractivity contribution in [3.05, 3.63) is 0 Å². The van der Waals surface area contributed by atoms with Gasteiger partial charge in [-0.3, -0.25) is 42.6 Å². The van der Waals surface area contributed by atoms with Crippen LogP contribution in [0.3, 0.4) is 0 Å². The summed E-state index contributed by atoms with van der Waals surface area (Å²) in [5, 5.41) is 60.6. The van der Waals surface area contributed by atoms with Crippen LogP contribution in [0.15, 0.2) is 0 Å². The minimum absolute atomic E-state index is 0.0177. The summed E-state index contributed by atoms with van der Waals surface area (Å²) in [6.07, 6.45) is 26.7. The lowest BCUT2D eigenvalue weighted by Crippen LogP contribution is -2.76. The number of alkyl halides is 8. The molecule has 31 unspecified atom stereocenters. The summed E-state index contributed by atoms with van der Waals surface area (Å²) in [5.41, 5.74) is 4.23. The molecule has 16 nitrogen and oxygen atoms in total. The lowest BCUT2D eigenvalue weighted by Gasteiger charge is -2.53. The van der Waals surface area contributed by atoms with E-state index in [0.29, 0.717) is 13.0 Å². The predicted molar refractivity (Wildman–Crippen MR) is 483 cm³/mol. The lowest BCUT2D eigenvalue weighted by molar-refractivity contribution is -0.0880. The molecule has 9 rings (SSSR count). The van der Waals surface area contributed by atoms with Crippen LogP contribution in [0.4, 0.5) is 35.1 Å². The Morgan fingerprint density at radius 1 is 0.208 bits per heavy atom. The topological polar surface area (TPSA) is 184 Å². The molecule has 0 radical (unpaired) electrons. The SMILES string of the molecule is CCCCCCCCNC1CC2C3NC(NC4C5C(NCCCCCCCC)C(NCCCCCCCC)C(NCCCCCCCC)C(NCCCCCCCC)C5C(NC5NC(NC6NC(N3)C3C(F)C(F)C(F)C(F)C63)C3C(F)C(F)C(F)C(F)C53)N4NCCCCCCCC)C2C(NCCCCCCCC)C1NCCCCCCCC. The minimum atomic E-state index is -2.82. The van der Waals surface area contributed by atoms with Crippen molar-refractivity contribution in [1.29, 1.82) is 0 Å². The van der Waals surface area contributed by atoms with E-state index in [1.807, 2.05) is 0 Å². The molecular formula is C96H184F8N16. The van der Waals surface area contributed by atoms with Crippen molar-refractivity contribution in [2.45, 2.75) is 511 Å². The first-order valence-electron chi connectivity index (χ1n) is 51.8. The van der Waals surface area contributed by atoms with E-state index in [2.05, 4.69) is 140 Å². The van der Waals surface area contributed by atoms with E-state index < -0.39 is 122 Å². The number of nitrogens with one attached hydrogen (secondary N) is 15. The van der Waals surface area contributed by atoms with Gasteiger partial charge in [0, 0.05) is 90.3 Å². The third-order valence-corrected chi connectivity index (χ3v) is 30.3. The zero-order valence-electron chi connectivity index (χ0n) is 77.2. The molecule has 24 heteroatoms. The van der Waals surface area contributed by atoms with E-state index in [9.17, 15) is 0 Å². The standard InChI is InChI=1S/C96H184F8N16/c1-9-17-25-33-41-49-57-105-67-65-66-68(84(107-59-51-43-35-27-19-11-3)83(67)106-58-50-42-34-26-18-10-2)90-113-89(66)114-91-69-70(76(98)80(102)79(101)75(69)97)92(115-91)116-93-71-72(78(100)82(104)81(103)77(71)99)94(117-93)119-96-74-73(95(118-90)120(96)112-64-56-48-40-32-24-16-8)85(108-60-52-44-36-28-20-12-4)87(110-62-54-46-38-30-22-14-6)88(111-63-55-47-39-31-23-15-7)86(74)109-61-53-45-37-29-21-13-5/h66-96,105-119H,9-65H2,1-8H3. The first-order chi connectivity index (χ1) is 58.7. The van der Waals surface area contributed by atoms with Crippen LogP contribution in [0.2, 0.25) is 0 Å². The van der Waals surface area contributed by atoms with Gasteiger partial charge in [0.25, 0.3) is 0 Å². The summed E-state index contributed by atoms with van der Waals surface area (Å²) in [6.45, 7) is 24.4. The predicted octanol–water partition coefficient (Wildman–Crippen LogP) is 18.3. The summed E-state index contributed by atoms with van der Waals surface area (Å²) in [7, 11) is 0. The van der Waals surface area contributed by atoms with Crippen molar-refractivity contribution in [3.63, 3.8) is 0 Å². The molecule has 0 spiro atoms. The Labute approximate surface area is 727 Å². The maximum Gasteiger partial charge on any atom is 0.165 e. The number of rotatable bonds is 64. The van der Waals surface area contributed by atoms with E-state index >= 15 is 35.1 Å². The van der Waals surface area contributed by atoms with Gasteiger partial charge in [0.1, 0.15) is 24.7 Å². The molecule has 4 saturated carbocycles. The lowest BCUT2D eigenvalue weighted by atomic mass is 9.66. The number of hydrogen-bond acceptors (Lipinski definition) is 16. The number of halogens is 8. The molecule has 31 atom stereocenters. The highest BCUT2D eigenvalue weighted by Gasteiger charge is 2.69. The van der Waals surface area contributed by atoms with Gasteiger partial charge in [-0.2, -0.15) is 0 Å². The fourth-order valence-corrected chi connectivity index (χ4v) is 23.6. The average molecular weight is 1710 g/mol. The second kappa shape index (κ2) is 57.8. The van der Waals surface area contributed by atoms with Crippen LogP contribution in [0.5, 0.6) is 0 Å². The van der Waals surface area contributed by atoms with E-state index in [0.717, 1.165) is 206 Å². The highest BCUT2D eigenvalue weighted by atomic mass is 19.2. The molecule has 0 amide bonds. The summed E-state index contributed by atoms with van der Waals surface area (Å²) in [5.74, 6) is -6.96. The molecule has 704 valence electrons. The van der Waals surface area contributed by atoms with Crippen molar-refractivity contribution in [3.8, 4) is 0 Å². The van der Waals surface area contributed by atoms with E-state index in [1.165, 1.54) is 148 Å². The monoisotopic (exact) mass is 1710 g/mol. The van der Waals surface area contributed by atoms with Gasteiger partial charge < -0.3 is 37.2 Å². The van der Waals surface area contributed by atoms with Gasteiger partial charge in [-0.25, -0.2) is 40.1 Å². The molecule has 0 aromatic heterocycles. The van der Waals surface area contributed by atoms with Crippen LogP contribution in [-0.4, -0.2) is 198 Å². The average Bonchev–Trinajstić information content (AvgIpc) is 1.55. The van der Waals surface area contributed by atoms with Gasteiger partial charge in [-0.1, -0.05) is 312 Å². The van der Waals surface area contributed by atoms with Gasteiger partial charge in [-0.05, 0) is 110 Å². The third kappa shape index (κ3) is 29.4. The van der Waals surface area contributed by atoms with Crippen LogP contribution >= 0.6 is 0 Å². The van der Waals surface area contributed by atoms with Crippen molar-refractivity contribution in [2.24, 2.45) is 47.3 Å². The fourth-order valence-electron chi connectivity index (χ4n) is 23.6. The van der Waals surface area contributed by atoms with Crippen LogP contribution in [0, 0.1) is 47.3 Å². The van der Waals surface area contributed by atoms with Crippen LogP contribution in [0.25, 0.3) is 0 Å². The molecule has 4 aliphatic carbocycles. The molecule has 15 N–H and O–H groups in total. The molecule has 0 aromatic carbocycles. The largest absolute Gasteiger partial charge is 0.312 e. The number of hydrogen-bond donors (Lipinski definition) is 15. The molecule has 5 saturated heterocycles. The number of nitrogens with zero attached hydrogens (tertiary/aromatic N) is 1. The normalized spacial score (nSPS) is 36.8. The summed E-state index contributed by atoms with van der Waals surface area (Å²) >= 11 is 0. The second-order valence-electron chi connectivity index (χ2n) is 39.3.